The maximum absolute atomic E-state index is 12.8. The fraction of sp³-hybridized carbons (Fsp3) is 0.902. The molecule has 1 aliphatic carbocycles. The van der Waals surface area contributed by atoms with Crippen LogP contribution in [0.4, 0.5) is 0 Å². The van der Waals surface area contributed by atoms with Crippen molar-refractivity contribution in [1.29, 1.82) is 0 Å². The zero-order valence-corrected chi connectivity index (χ0v) is 34.9. The molecule has 6 N–H and O–H groups in total. The molecular formula is C41H77O13P. The molecule has 0 saturated heterocycles. The van der Waals surface area contributed by atoms with Crippen molar-refractivity contribution in [3.05, 3.63) is 12.2 Å². The number of phosphoric ester groups is 1. The number of esters is 2. The second-order valence-corrected chi connectivity index (χ2v) is 16.6. The van der Waals surface area contributed by atoms with Crippen molar-refractivity contribution in [3.8, 4) is 0 Å². The van der Waals surface area contributed by atoms with Gasteiger partial charge in [-0.3, -0.25) is 18.6 Å². The van der Waals surface area contributed by atoms with Crippen molar-refractivity contribution in [3.63, 3.8) is 0 Å². The predicted molar refractivity (Wildman–Crippen MR) is 212 cm³/mol. The van der Waals surface area contributed by atoms with Crippen LogP contribution >= 0.6 is 7.82 Å². The highest BCUT2D eigenvalue weighted by Crippen LogP contribution is 2.47. The fourth-order valence-corrected chi connectivity index (χ4v) is 7.53. The fourth-order valence-electron chi connectivity index (χ4n) is 6.56. The van der Waals surface area contributed by atoms with Gasteiger partial charge in [-0.15, -0.1) is 0 Å². The molecule has 0 heterocycles. The Morgan fingerprint density at radius 2 is 0.945 bits per heavy atom. The Balaban J connectivity index is 2.49. The maximum atomic E-state index is 12.8. The summed E-state index contributed by atoms with van der Waals surface area (Å²) in [6.45, 7) is 3.24. The van der Waals surface area contributed by atoms with Gasteiger partial charge in [0.1, 0.15) is 43.2 Å². The lowest BCUT2D eigenvalue weighted by Crippen LogP contribution is -2.64. The first-order valence-electron chi connectivity index (χ1n) is 21.5. The van der Waals surface area contributed by atoms with E-state index in [1.165, 1.54) is 83.5 Å². The van der Waals surface area contributed by atoms with Crippen LogP contribution in [0.3, 0.4) is 0 Å². The van der Waals surface area contributed by atoms with E-state index in [0.29, 0.717) is 12.8 Å². The number of allylic oxidation sites excluding steroid dienone is 2. The molecule has 14 heteroatoms. The van der Waals surface area contributed by atoms with Crippen LogP contribution in [0.2, 0.25) is 0 Å². The Morgan fingerprint density at radius 1 is 0.545 bits per heavy atom. The molecule has 0 spiro atoms. The van der Waals surface area contributed by atoms with E-state index in [4.69, 9.17) is 18.5 Å². The van der Waals surface area contributed by atoms with Crippen molar-refractivity contribution >= 4 is 19.8 Å². The predicted octanol–water partition coefficient (Wildman–Crippen LogP) is 7.50. The van der Waals surface area contributed by atoms with Crippen molar-refractivity contribution < 1.29 is 63.1 Å². The molecular weight excluding hydrogens is 731 g/mol. The van der Waals surface area contributed by atoms with E-state index in [0.717, 1.165) is 57.8 Å². The monoisotopic (exact) mass is 809 g/mol. The second-order valence-electron chi connectivity index (χ2n) is 15.2. The molecule has 6 unspecified atom stereocenters. The summed E-state index contributed by atoms with van der Waals surface area (Å²) >= 11 is 0. The van der Waals surface area contributed by atoms with Crippen LogP contribution in [0.25, 0.3) is 0 Å². The number of aliphatic hydroxyl groups is 5. The van der Waals surface area contributed by atoms with Crippen LogP contribution in [0.15, 0.2) is 12.2 Å². The number of hydrogen-bond donors (Lipinski definition) is 6. The summed E-state index contributed by atoms with van der Waals surface area (Å²) in [5.74, 6) is -1.10. The normalized spacial score (nSPS) is 23.1. The smallest absolute Gasteiger partial charge is 0.462 e. The minimum atomic E-state index is -5.11. The van der Waals surface area contributed by atoms with Crippen LogP contribution in [0, 0.1) is 0 Å². The molecule has 0 aromatic rings. The molecule has 1 saturated carbocycles. The van der Waals surface area contributed by atoms with Gasteiger partial charge < -0.3 is 39.9 Å². The molecule has 0 aromatic carbocycles. The van der Waals surface area contributed by atoms with E-state index >= 15 is 0 Å². The van der Waals surface area contributed by atoms with Crippen LogP contribution in [-0.2, 0) is 32.7 Å². The number of carbonyl (C=O) groups is 2. The second kappa shape index (κ2) is 32.5. The van der Waals surface area contributed by atoms with Crippen molar-refractivity contribution in [2.24, 2.45) is 0 Å². The minimum absolute atomic E-state index is 0.100. The van der Waals surface area contributed by atoms with Crippen LogP contribution in [0.1, 0.15) is 181 Å². The summed E-state index contributed by atoms with van der Waals surface area (Å²) < 4.78 is 33.4. The van der Waals surface area contributed by atoms with Gasteiger partial charge in [-0.2, -0.15) is 0 Å². The highest BCUT2D eigenvalue weighted by atomic mass is 31.2. The molecule has 55 heavy (non-hydrogen) atoms. The van der Waals surface area contributed by atoms with E-state index < -0.39 is 75.7 Å². The summed E-state index contributed by atoms with van der Waals surface area (Å²) in [5.41, 5.74) is 0. The zero-order valence-electron chi connectivity index (χ0n) is 34.0. The average molecular weight is 809 g/mol. The van der Waals surface area contributed by atoms with Gasteiger partial charge in [0.2, 0.25) is 0 Å². The zero-order chi connectivity index (χ0) is 40.7. The van der Waals surface area contributed by atoms with Gasteiger partial charge in [0.05, 0.1) is 6.61 Å². The first-order valence-corrected chi connectivity index (χ1v) is 23.0. The average Bonchev–Trinajstić information content (AvgIpc) is 3.16. The lowest BCUT2D eigenvalue weighted by Gasteiger charge is -2.41. The van der Waals surface area contributed by atoms with Gasteiger partial charge in [-0.25, -0.2) is 4.57 Å². The molecule has 0 bridgehead atoms. The Morgan fingerprint density at radius 3 is 1.44 bits per heavy atom. The highest BCUT2D eigenvalue weighted by molar-refractivity contribution is 7.47. The van der Waals surface area contributed by atoms with E-state index in [9.17, 15) is 44.6 Å². The third-order valence-corrected chi connectivity index (χ3v) is 11.1. The van der Waals surface area contributed by atoms with E-state index in [1.807, 2.05) is 0 Å². The van der Waals surface area contributed by atoms with Gasteiger partial charge in [-0.1, -0.05) is 148 Å². The first-order chi connectivity index (χ1) is 26.4. The highest BCUT2D eigenvalue weighted by Gasteiger charge is 2.51. The SMILES string of the molecule is CCCC/C=C\CCCCCCCC(=O)OC[C@H](COP(=O)(O)OC1C(O)C(O)C(O)[C@@H](O)C1O)OC(=O)CCCCCCCCCCCCCCCCC. The number of aliphatic hydroxyl groups excluding tert-OH is 5. The summed E-state index contributed by atoms with van der Waals surface area (Å²) in [6, 6.07) is 0. The quantitative estimate of drug-likeness (QED) is 0.0159. The maximum Gasteiger partial charge on any atom is 0.472 e. The molecule has 1 fully saturated rings. The third kappa shape index (κ3) is 25.5. The Bertz CT molecular complexity index is 1030. The van der Waals surface area contributed by atoms with Crippen LogP contribution in [0.5, 0.6) is 0 Å². The Labute approximate surface area is 331 Å². The number of rotatable bonds is 35. The summed E-state index contributed by atoms with van der Waals surface area (Å²) in [7, 11) is -5.11. The van der Waals surface area contributed by atoms with E-state index in [2.05, 4.69) is 26.0 Å². The number of unbranched alkanes of at least 4 members (excludes halogenated alkanes) is 21. The molecule has 13 nitrogen and oxygen atoms in total. The number of ether oxygens (including phenoxy) is 2. The van der Waals surface area contributed by atoms with Gasteiger partial charge >= 0.3 is 19.8 Å². The molecule has 0 amide bonds. The summed E-state index contributed by atoms with van der Waals surface area (Å²) in [5, 5.41) is 50.0. The topological polar surface area (TPSA) is 210 Å². The number of hydrogen-bond acceptors (Lipinski definition) is 12. The largest absolute Gasteiger partial charge is 0.472 e. The standard InChI is InChI=1S/C41H77O13P/c1-3-5-7-9-11-13-15-16-17-18-20-22-24-26-28-30-35(43)53-33(31-51-34(42)29-27-25-23-21-19-14-12-10-8-6-4-2)32-52-55(49,50)54-41-39(47)37(45)36(44)38(46)40(41)48/h10,12,33,36-41,44-48H,3-9,11,13-32H2,1-2H3,(H,49,50)/b12-10-/t33-,36?,37-,38?,39?,40?,41?/m1/s1. The molecule has 0 aromatic heterocycles. The number of phosphoric acid groups is 1. The summed E-state index contributed by atoms with van der Waals surface area (Å²) in [6.07, 6.45) is 18.5. The van der Waals surface area contributed by atoms with Gasteiger partial charge in [0, 0.05) is 12.8 Å². The molecule has 324 valence electrons. The van der Waals surface area contributed by atoms with Crippen molar-refractivity contribution in [2.75, 3.05) is 13.2 Å². The van der Waals surface area contributed by atoms with E-state index in [1.54, 1.807) is 0 Å². The molecule has 1 aliphatic rings. The number of carbonyl (C=O) groups excluding carboxylic acids is 2. The molecule has 1 rings (SSSR count). The van der Waals surface area contributed by atoms with Crippen molar-refractivity contribution in [2.45, 2.75) is 224 Å². The Kier molecular flexibility index (Phi) is 30.5. The van der Waals surface area contributed by atoms with E-state index in [-0.39, 0.29) is 12.8 Å². The van der Waals surface area contributed by atoms with Gasteiger partial charge in [0.15, 0.2) is 6.10 Å². The van der Waals surface area contributed by atoms with Crippen molar-refractivity contribution in [1.82, 2.24) is 0 Å². The lowest BCUT2D eigenvalue weighted by atomic mass is 9.85. The molecule has 8 atom stereocenters. The minimum Gasteiger partial charge on any atom is -0.462 e. The lowest BCUT2D eigenvalue weighted by molar-refractivity contribution is -0.220. The van der Waals surface area contributed by atoms with Crippen LogP contribution < -0.4 is 0 Å². The molecule has 0 radical (unpaired) electrons. The van der Waals surface area contributed by atoms with Gasteiger partial charge in [-0.05, 0) is 32.1 Å². The molecule has 0 aliphatic heterocycles. The first kappa shape index (κ1) is 51.6. The summed E-state index contributed by atoms with van der Waals surface area (Å²) in [4.78, 5) is 35.5. The van der Waals surface area contributed by atoms with Crippen LogP contribution in [-0.4, -0.2) is 98.3 Å². The Hall–Kier alpha value is -1.41. The van der Waals surface area contributed by atoms with Gasteiger partial charge in [0.25, 0.3) is 0 Å². The third-order valence-electron chi connectivity index (χ3n) is 10.1.